The molecular weight excluding hydrogens is 292 g/mol. The van der Waals surface area contributed by atoms with Crippen LogP contribution in [0.5, 0.6) is 0 Å². The highest BCUT2D eigenvalue weighted by Crippen LogP contribution is 2.30. The molecule has 1 saturated carbocycles. The smallest absolute Gasteiger partial charge is 0.329 e. The third-order valence-corrected chi connectivity index (χ3v) is 4.29. The molecule has 0 bridgehead atoms. The number of aliphatic carboxylic acids is 1. The highest BCUT2D eigenvalue weighted by Gasteiger charge is 2.43. The highest BCUT2D eigenvalue weighted by atomic mass is 35.5. The van der Waals surface area contributed by atoms with Crippen LogP contribution >= 0.6 is 11.6 Å². The molecule has 2 rings (SSSR count). The van der Waals surface area contributed by atoms with Crippen molar-refractivity contribution in [3.8, 4) is 0 Å². The molecule has 0 spiro atoms. The predicted molar refractivity (Wildman–Crippen MR) is 80.3 cm³/mol. The standard InChI is InChI=1S/C15H19ClN2O3/c1-18(10-11-6-2-3-7-12(11)16)14(21)17-15(13(19)20)8-4-5-9-15/h2-3,6-7H,4-5,8-10H2,1H3,(H,17,21)(H,19,20). The molecule has 0 heterocycles. The zero-order valence-corrected chi connectivity index (χ0v) is 12.7. The fourth-order valence-corrected chi connectivity index (χ4v) is 2.82. The van der Waals surface area contributed by atoms with Gasteiger partial charge >= 0.3 is 12.0 Å². The average molecular weight is 311 g/mol. The molecule has 1 aromatic rings. The van der Waals surface area contributed by atoms with Crippen molar-refractivity contribution in [1.29, 1.82) is 0 Å². The van der Waals surface area contributed by atoms with E-state index in [2.05, 4.69) is 5.32 Å². The van der Waals surface area contributed by atoms with E-state index in [4.69, 9.17) is 11.6 Å². The number of hydrogen-bond donors (Lipinski definition) is 2. The van der Waals surface area contributed by atoms with Crippen molar-refractivity contribution in [2.45, 2.75) is 37.8 Å². The van der Waals surface area contributed by atoms with Crippen molar-refractivity contribution in [2.24, 2.45) is 0 Å². The molecule has 0 radical (unpaired) electrons. The second-order valence-electron chi connectivity index (χ2n) is 5.47. The predicted octanol–water partition coefficient (Wildman–Crippen LogP) is 2.88. The van der Waals surface area contributed by atoms with Crippen molar-refractivity contribution in [2.75, 3.05) is 7.05 Å². The minimum atomic E-state index is -1.12. The van der Waals surface area contributed by atoms with E-state index >= 15 is 0 Å². The van der Waals surface area contributed by atoms with Gasteiger partial charge in [-0.2, -0.15) is 0 Å². The Bertz CT molecular complexity index is 541. The van der Waals surface area contributed by atoms with Gasteiger partial charge in [0.05, 0.1) is 0 Å². The summed E-state index contributed by atoms with van der Waals surface area (Å²) in [6.45, 7) is 0.335. The molecule has 1 aromatic carbocycles. The molecule has 0 atom stereocenters. The largest absolute Gasteiger partial charge is 0.480 e. The number of halogens is 1. The number of nitrogens with zero attached hydrogens (tertiary/aromatic N) is 1. The lowest BCUT2D eigenvalue weighted by molar-refractivity contribution is -0.144. The van der Waals surface area contributed by atoms with E-state index in [0.717, 1.165) is 18.4 Å². The lowest BCUT2D eigenvalue weighted by Crippen LogP contribution is -2.55. The Morgan fingerprint density at radius 3 is 2.52 bits per heavy atom. The van der Waals surface area contributed by atoms with Crippen LogP contribution in [0.1, 0.15) is 31.2 Å². The van der Waals surface area contributed by atoms with Gasteiger partial charge in [0.25, 0.3) is 0 Å². The Hall–Kier alpha value is -1.75. The van der Waals surface area contributed by atoms with E-state index in [1.165, 1.54) is 4.90 Å². The third kappa shape index (κ3) is 3.47. The molecule has 0 unspecified atom stereocenters. The van der Waals surface area contributed by atoms with Gasteiger partial charge in [0.2, 0.25) is 0 Å². The highest BCUT2D eigenvalue weighted by molar-refractivity contribution is 6.31. The van der Waals surface area contributed by atoms with Gasteiger partial charge in [0.1, 0.15) is 5.54 Å². The van der Waals surface area contributed by atoms with Gasteiger partial charge in [-0.3, -0.25) is 0 Å². The molecule has 1 fully saturated rings. The number of hydrogen-bond acceptors (Lipinski definition) is 2. The molecule has 1 aliphatic rings. The third-order valence-electron chi connectivity index (χ3n) is 3.92. The number of urea groups is 1. The second kappa shape index (κ2) is 6.35. The van der Waals surface area contributed by atoms with Gasteiger partial charge in [0.15, 0.2) is 0 Å². The fraction of sp³-hybridized carbons (Fsp3) is 0.467. The van der Waals surface area contributed by atoms with Crippen molar-refractivity contribution >= 4 is 23.6 Å². The topological polar surface area (TPSA) is 69.6 Å². The first-order valence-corrected chi connectivity index (χ1v) is 7.32. The van der Waals surface area contributed by atoms with E-state index in [1.54, 1.807) is 13.1 Å². The molecule has 1 aliphatic carbocycles. The lowest BCUT2D eigenvalue weighted by atomic mass is 9.98. The molecule has 0 saturated heterocycles. The van der Waals surface area contributed by atoms with Gasteiger partial charge in [0, 0.05) is 18.6 Å². The Kier molecular flexibility index (Phi) is 4.73. The summed E-state index contributed by atoms with van der Waals surface area (Å²) in [4.78, 5) is 25.1. The van der Waals surface area contributed by atoms with Crippen LogP contribution in [0.4, 0.5) is 4.79 Å². The Morgan fingerprint density at radius 2 is 1.95 bits per heavy atom. The van der Waals surface area contributed by atoms with Gasteiger partial charge in [-0.05, 0) is 24.5 Å². The molecule has 0 aliphatic heterocycles. The van der Waals surface area contributed by atoms with Gasteiger partial charge in [-0.25, -0.2) is 9.59 Å². The van der Waals surface area contributed by atoms with E-state index in [1.807, 2.05) is 18.2 Å². The van der Waals surface area contributed by atoms with Crippen LogP contribution in [-0.2, 0) is 11.3 Å². The van der Waals surface area contributed by atoms with Gasteiger partial charge in [-0.1, -0.05) is 42.6 Å². The van der Waals surface area contributed by atoms with Crippen LogP contribution in [0, 0.1) is 0 Å². The minimum Gasteiger partial charge on any atom is -0.480 e. The quantitative estimate of drug-likeness (QED) is 0.898. The number of nitrogens with one attached hydrogen (secondary N) is 1. The van der Waals surface area contributed by atoms with Crippen molar-refractivity contribution in [3.63, 3.8) is 0 Å². The minimum absolute atomic E-state index is 0.335. The summed E-state index contributed by atoms with van der Waals surface area (Å²) in [5.74, 6) is -0.959. The first kappa shape index (κ1) is 15.6. The van der Waals surface area contributed by atoms with Crippen LogP contribution in [0.15, 0.2) is 24.3 Å². The van der Waals surface area contributed by atoms with E-state index < -0.39 is 11.5 Å². The maximum absolute atomic E-state index is 12.2. The average Bonchev–Trinajstić information content (AvgIpc) is 2.91. The molecular formula is C15H19ClN2O3. The van der Waals surface area contributed by atoms with Gasteiger partial charge in [-0.15, -0.1) is 0 Å². The normalized spacial score (nSPS) is 16.5. The summed E-state index contributed by atoms with van der Waals surface area (Å²) in [5.41, 5.74) is -0.293. The second-order valence-corrected chi connectivity index (χ2v) is 5.88. The molecule has 21 heavy (non-hydrogen) atoms. The lowest BCUT2D eigenvalue weighted by Gasteiger charge is -2.28. The monoisotopic (exact) mass is 310 g/mol. The van der Waals surface area contributed by atoms with E-state index in [0.29, 0.717) is 24.4 Å². The zero-order valence-electron chi connectivity index (χ0n) is 11.9. The zero-order chi connectivity index (χ0) is 15.5. The van der Waals surface area contributed by atoms with Crippen molar-refractivity contribution in [1.82, 2.24) is 10.2 Å². The number of amides is 2. The molecule has 114 valence electrons. The van der Waals surface area contributed by atoms with E-state index in [9.17, 15) is 14.7 Å². The molecule has 5 nitrogen and oxygen atoms in total. The maximum Gasteiger partial charge on any atom is 0.329 e. The number of benzene rings is 1. The van der Waals surface area contributed by atoms with Crippen LogP contribution in [0.3, 0.4) is 0 Å². The SMILES string of the molecule is CN(Cc1ccccc1Cl)C(=O)NC1(C(=O)O)CCCC1. The molecule has 6 heteroatoms. The number of carbonyl (C=O) groups excluding carboxylic acids is 1. The Morgan fingerprint density at radius 1 is 1.33 bits per heavy atom. The van der Waals surface area contributed by atoms with Crippen LogP contribution in [-0.4, -0.2) is 34.6 Å². The van der Waals surface area contributed by atoms with Crippen LogP contribution in [0.25, 0.3) is 0 Å². The van der Waals surface area contributed by atoms with Crippen LogP contribution < -0.4 is 5.32 Å². The van der Waals surface area contributed by atoms with Gasteiger partial charge < -0.3 is 15.3 Å². The number of carbonyl (C=O) groups is 2. The van der Waals surface area contributed by atoms with Crippen LogP contribution in [0.2, 0.25) is 5.02 Å². The van der Waals surface area contributed by atoms with Crippen molar-refractivity contribution in [3.05, 3.63) is 34.9 Å². The first-order chi connectivity index (χ1) is 9.94. The number of carboxylic acid groups (broad SMARTS) is 1. The summed E-state index contributed by atoms with van der Waals surface area (Å²) in [5, 5.41) is 12.6. The summed E-state index contributed by atoms with van der Waals surface area (Å²) < 4.78 is 0. The summed E-state index contributed by atoms with van der Waals surface area (Å²) >= 11 is 6.07. The maximum atomic E-state index is 12.2. The summed E-state index contributed by atoms with van der Waals surface area (Å²) in [6, 6.07) is 6.89. The molecule has 2 amide bonds. The molecule has 0 aromatic heterocycles. The van der Waals surface area contributed by atoms with E-state index in [-0.39, 0.29) is 6.03 Å². The Balaban J connectivity index is 2.03. The van der Waals surface area contributed by atoms with Crippen molar-refractivity contribution < 1.29 is 14.7 Å². The summed E-state index contributed by atoms with van der Waals surface area (Å²) in [7, 11) is 1.63. The Labute approximate surface area is 128 Å². The first-order valence-electron chi connectivity index (χ1n) is 6.95. The summed E-state index contributed by atoms with van der Waals surface area (Å²) in [6.07, 6.45) is 2.60. The fourth-order valence-electron chi connectivity index (χ4n) is 2.62. The molecule has 2 N–H and O–H groups in total. The number of carboxylic acids is 1. The number of rotatable bonds is 4.